The summed E-state index contributed by atoms with van der Waals surface area (Å²) in [5.74, 6) is -1.21. The van der Waals surface area contributed by atoms with Crippen molar-refractivity contribution in [2.75, 3.05) is 0 Å². The largest absolute Gasteiger partial charge is 0.497 e. The molecular weight excluding hydrogens is 487 g/mol. The summed E-state index contributed by atoms with van der Waals surface area (Å²) in [6, 6.07) is 31.4. The number of aromatic hydroxyl groups is 1. The topological polar surface area (TPSA) is 173 Å². The molecule has 0 aliphatic rings. The monoisotopic (exact) mass is 506 g/mol. The number of nitrogens with one attached hydrogen (secondary N) is 1. The van der Waals surface area contributed by atoms with E-state index in [0.717, 1.165) is 15.9 Å². The molecule has 0 amide bonds. The van der Waals surface area contributed by atoms with E-state index in [2.05, 4.69) is 36.4 Å². The first-order chi connectivity index (χ1) is 17.2. The molecule has 0 aliphatic heterocycles. The summed E-state index contributed by atoms with van der Waals surface area (Å²) in [7, 11) is -2.28. The normalized spacial score (nSPS) is 10.6. The molecule has 0 saturated heterocycles. The van der Waals surface area contributed by atoms with Gasteiger partial charge >= 0.3 is 11.4 Å². The maximum Gasteiger partial charge on any atom is 0.324 e. The van der Waals surface area contributed by atoms with Crippen LogP contribution >= 0.6 is 7.05 Å². The lowest BCUT2D eigenvalue weighted by molar-refractivity contribution is -0.404. The van der Waals surface area contributed by atoms with E-state index in [1.807, 2.05) is 54.6 Å². The van der Waals surface area contributed by atoms with Gasteiger partial charge in [-0.2, -0.15) is 0 Å². The lowest BCUT2D eigenvalue weighted by atomic mass is 10.2. The Morgan fingerprint density at radius 2 is 0.889 bits per heavy atom. The van der Waals surface area contributed by atoms with E-state index in [-0.39, 0.29) is 0 Å². The van der Waals surface area contributed by atoms with Crippen LogP contribution in [0.15, 0.2) is 103 Å². The van der Waals surface area contributed by atoms with Gasteiger partial charge in [-0.3, -0.25) is 30.3 Å². The van der Waals surface area contributed by atoms with Gasteiger partial charge in [0.15, 0.2) is 0 Å². The average molecular weight is 506 g/mol. The van der Waals surface area contributed by atoms with Gasteiger partial charge < -0.3 is 10.3 Å². The molecule has 0 spiro atoms. The van der Waals surface area contributed by atoms with Crippen LogP contribution < -0.4 is 15.9 Å². The quantitative estimate of drug-likeness (QED) is 0.213. The van der Waals surface area contributed by atoms with E-state index >= 15 is 0 Å². The van der Waals surface area contributed by atoms with Crippen molar-refractivity contribution in [3.63, 3.8) is 0 Å². The molecule has 0 aromatic heterocycles. The van der Waals surface area contributed by atoms with Gasteiger partial charge in [0.05, 0.1) is 34.0 Å². The lowest BCUT2D eigenvalue weighted by Crippen LogP contribution is -2.24. The molecule has 0 unspecified atom stereocenters. The van der Waals surface area contributed by atoms with E-state index < -0.39 is 44.6 Å². The van der Waals surface area contributed by atoms with Gasteiger partial charge in [-0.15, -0.1) is 0 Å². The van der Waals surface area contributed by atoms with Crippen LogP contribution in [0.4, 0.5) is 17.1 Å². The van der Waals surface area contributed by atoms with Gasteiger partial charge in [0, 0.05) is 0 Å². The SMILES string of the molecule is N=P(c1ccccc1)(c1ccccc1)c1ccccc1.O=[N+]([O-])c1cc([N+](=O)[O-])c(O)c([N+](=O)[O-])c1. The summed E-state index contributed by atoms with van der Waals surface area (Å²) in [4.78, 5) is 27.8. The van der Waals surface area contributed by atoms with Crippen molar-refractivity contribution < 1.29 is 19.9 Å². The molecule has 12 heteroatoms. The summed E-state index contributed by atoms with van der Waals surface area (Å²) in [6.45, 7) is 0. The van der Waals surface area contributed by atoms with E-state index in [1.165, 1.54) is 0 Å². The molecule has 0 fully saturated rings. The van der Waals surface area contributed by atoms with Crippen LogP contribution in [-0.2, 0) is 0 Å². The van der Waals surface area contributed by atoms with Crippen LogP contribution in [0.1, 0.15) is 0 Å². The maximum atomic E-state index is 10.4. The fourth-order valence-electron chi connectivity index (χ4n) is 3.38. The molecule has 0 saturated carbocycles. The number of phenols is 1. The van der Waals surface area contributed by atoms with Gasteiger partial charge in [0.1, 0.15) is 0 Å². The van der Waals surface area contributed by atoms with Gasteiger partial charge in [-0.25, -0.2) is 0 Å². The number of rotatable bonds is 6. The van der Waals surface area contributed by atoms with Crippen molar-refractivity contribution in [3.8, 4) is 5.75 Å². The number of hydrogen-bond donors (Lipinski definition) is 2. The number of nitro benzene ring substituents is 3. The highest BCUT2D eigenvalue weighted by atomic mass is 31.2. The Kier molecular flexibility index (Phi) is 7.88. The maximum absolute atomic E-state index is 10.4. The minimum absolute atomic E-state index is 0.447. The molecule has 4 rings (SSSR count). The number of nitro groups is 3. The molecule has 4 aromatic carbocycles. The second-order valence-corrected chi connectivity index (χ2v) is 10.2. The molecule has 0 radical (unpaired) electrons. The number of nitrogens with zero attached hydrogens (tertiary/aromatic N) is 3. The third-order valence-electron chi connectivity index (χ3n) is 5.09. The molecule has 0 atom stereocenters. The molecule has 4 aromatic rings. The minimum atomic E-state index is -2.28. The fraction of sp³-hybridized carbons (Fsp3) is 0. The van der Waals surface area contributed by atoms with Crippen LogP contribution in [0, 0.1) is 35.5 Å². The predicted molar refractivity (Wildman–Crippen MR) is 136 cm³/mol. The molecule has 36 heavy (non-hydrogen) atoms. The number of non-ortho nitro benzene ring substituents is 1. The summed E-state index contributed by atoms with van der Waals surface area (Å²) >= 11 is 0. The van der Waals surface area contributed by atoms with Crippen molar-refractivity contribution in [2.45, 2.75) is 0 Å². The zero-order chi connectivity index (χ0) is 26.3. The first kappa shape index (κ1) is 25.7. The Balaban J connectivity index is 0.000000207. The lowest BCUT2D eigenvalue weighted by Gasteiger charge is -2.24. The molecule has 2 N–H and O–H groups in total. The second kappa shape index (κ2) is 11.0. The number of benzene rings is 4. The zero-order valence-electron chi connectivity index (χ0n) is 18.5. The van der Waals surface area contributed by atoms with Gasteiger partial charge in [0.2, 0.25) is 0 Å². The van der Waals surface area contributed by atoms with Crippen LogP contribution in [0.2, 0.25) is 0 Å². The third kappa shape index (κ3) is 5.43. The van der Waals surface area contributed by atoms with Crippen molar-refractivity contribution in [1.82, 2.24) is 0 Å². The highest BCUT2D eigenvalue weighted by molar-refractivity contribution is 7.86. The third-order valence-corrected chi connectivity index (χ3v) is 8.31. The summed E-state index contributed by atoms with van der Waals surface area (Å²) in [5, 5.41) is 52.8. The van der Waals surface area contributed by atoms with Crippen LogP contribution in [-0.4, -0.2) is 19.9 Å². The van der Waals surface area contributed by atoms with E-state index in [0.29, 0.717) is 12.1 Å². The van der Waals surface area contributed by atoms with E-state index in [4.69, 9.17) is 5.11 Å². The summed E-state index contributed by atoms with van der Waals surface area (Å²) < 4.78 is 0. The average Bonchev–Trinajstić information content (AvgIpc) is 2.89. The molecule has 0 heterocycles. The van der Waals surface area contributed by atoms with Crippen molar-refractivity contribution >= 4 is 40.0 Å². The summed E-state index contributed by atoms with van der Waals surface area (Å²) in [5.41, 5.74) is -3.00. The van der Waals surface area contributed by atoms with Crippen molar-refractivity contribution in [1.29, 1.82) is 5.16 Å². The fourth-order valence-corrected chi connectivity index (χ4v) is 6.13. The first-order valence-corrected chi connectivity index (χ1v) is 12.1. The van der Waals surface area contributed by atoms with E-state index in [9.17, 15) is 35.5 Å². The first-order valence-electron chi connectivity index (χ1n) is 10.3. The highest BCUT2D eigenvalue weighted by Crippen LogP contribution is 2.43. The van der Waals surface area contributed by atoms with Gasteiger partial charge in [-0.1, -0.05) is 91.0 Å². The minimum Gasteiger partial charge on any atom is -0.497 e. The van der Waals surface area contributed by atoms with Crippen molar-refractivity contribution in [2.24, 2.45) is 0 Å². The molecule has 0 bridgehead atoms. The Morgan fingerprint density at radius 1 is 0.583 bits per heavy atom. The molecule has 11 nitrogen and oxygen atoms in total. The van der Waals surface area contributed by atoms with Gasteiger partial charge in [-0.05, 0) is 15.9 Å². The molecular formula is C24H19N4O7P. The van der Waals surface area contributed by atoms with Gasteiger partial charge in [0.25, 0.3) is 11.4 Å². The Morgan fingerprint density at radius 3 is 1.14 bits per heavy atom. The van der Waals surface area contributed by atoms with Crippen molar-refractivity contribution in [3.05, 3.63) is 133 Å². The summed E-state index contributed by atoms with van der Waals surface area (Å²) in [6.07, 6.45) is 0. The number of phenolic OH excluding ortho intramolecular Hbond substituents is 1. The Hall–Kier alpha value is -4.89. The molecule has 182 valence electrons. The smallest absolute Gasteiger partial charge is 0.324 e. The Labute approximate surface area is 204 Å². The standard InChI is InChI=1S/C18H16NP.C6H3N3O7/c19-20(16-10-4-1-5-11-16,17-12-6-2-7-13-17)18-14-8-3-9-15-18;10-6-4(8(13)14)1-3(7(11)12)2-5(6)9(15)16/h1-15,19H;1-2,10H. The van der Waals surface area contributed by atoms with Crippen LogP contribution in [0.25, 0.3) is 0 Å². The van der Waals surface area contributed by atoms with Crippen LogP contribution in [0.5, 0.6) is 5.75 Å². The molecule has 0 aliphatic carbocycles. The Bertz CT molecular complexity index is 1310. The zero-order valence-corrected chi connectivity index (χ0v) is 19.4. The van der Waals surface area contributed by atoms with Crippen LogP contribution in [0.3, 0.4) is 0 Å². The highest BCUT2D eigenvalue weighted by Gasteiger charge is 2.30. The van der Waals surface area contributed by atoms with E-state index in [1.54, 1.807) is 0 Å². The predicted octanol–water partition coefficient (Wildman–Crippen LogP) is 4.86. The second-order valence-electron chi connectivity index (χ2n) is 7.28. The number of hydrogen-bond acceptors (Lipinski definition) is 8.